The van der Waals surface area contributed by atoms with E-state index in [1.807, 2.05) is 0 Å². The van der Waals surface area contributed by atoms with Gasteiger partial charge in [0.15, 0.2) is 18.1 Å². The standard InChI is InChI=1S/C12H10F3NO4/c1-19-10-8(20-5-12(13,14)15)3-2-7-9(10)6(4-16-7)11(17)18/h2-4,16H,5H2,1H3,(H,17,18). The summed E-state index contributed by atoms with van der Waals surface area (Å²) in [5, 5.41) is 9.21. The lowest BCUT2D eigenvalue weighted by Crippen LogP contribution is -2.19. The number of halogens is 3. The van der Waals surface area contributed by atoms with E-state index in [4.69, 9.17) is 9.84 Å². The summed E-state index contributed by atoms with van der Waals surface area (Å²) in [5.41, 5.74) is 0.327. The molecule has 2 rings (SSSR count). The van der Waals surface area contributed by atoms with Crippen LogP contribution in [0.3, 0.4) is 0 Å². The number of alkyl halides is 3. The summed E-state index contributed by atoms with van der Waals surface area (Å²) in [5.74, 6) is -1.44. The molecule has 2 N–H and O–H groups in total. The van der Waals surface area contributed by atoms with Crippen LogP contribution in [0.5, 0.6) is 11.5 Å². The van der Waals surface area contributed by atoms with Crippen molar-refractivity contribution in [3.8, 4) is 11.5 Å². The second kappa shape index (κ2) is 4.95. The van der Waals surface area contributed by atoms with Crippen molar-refractivity contribution in [2.24, 2.45) is 0 Å². The van der Waals surface area contributed by atoms with Crippen LogP contribution in [0, 0.1) is 0 Å². The maximum absolute atomic E-state index is 12.2. The van der Waals surface area contributed by atoms with Crippen molar-refractivity contribution in [3.63, 3.8) is 0 Å². The van der Waals surface area contributed by atoms with Gasteiger partial charge in [-0.2, -0.15) is 13.2 Å². The van der Waals surface area contributed by atoms with E-state index in [9.17, 15) is 18.0 Å². The molecular formula is C12H10F3NO4. The van der Waals surface area contributed by atoms with E-state index in [1.54, 1.807) is 0 Å². The minimum Gasteiger partial charge on any atom is -0.492 e. The molecule has 0 unspecified atom stereocenters. The Morgan fingerprint density at radius 2 is 2.10 bits per heavy atom. The Balaban J connectivity index is 2.51. The van der Waals surface area contributed by atoms with E-state index in [-0.39, 0.29) is 22.4 Å². The number of carboxylic acids is 1. The molecule has 5 nitrogen and oxygen atoms in total. The summed E-state index contributed by atoms with van der Waals surface area (Å²) in [6, 6.07) is 2.71. The van der Waals surface area contributed by atoms with Gasteiger partial charge in [-0.1, -0.05) is 0 Å². The molecule has 1 aromatic carbocycles. The van der Waals surface area contributed by atoms with Crippen molar-refractivity contribution in [3.05, 3.63) is 23.9 Å². The van der Waals surface area contributed by atoms with Gasteiger partial charge in [0.2, 0.25) is 0 Å². The third-order valence-electron chi connectivity index (χ3n) is 2.59. The number of nitrogens with one attached hydrogen (secondary N) is 1. The van der Waals surface area contributed by atoms with Gasteiger partial charge in [-0.15, -0.1) is 0 Å². The summed E-state index contributed by atoms with van der Waals surface area (Å²) >= 11 is 0. The van der Waals surface area contributed by atoms with Crippen molar-refractivity contribution in [2.75, 3.05) is 13.7 Å². The third kappa shape index (κ3) is 2.63. The average molecular weight is 289 g/mol. The lowest BCUT2D eigenvalue weighted by molar-refractivity contribution is -0.153. The van der Waals surface area contributed by atoms with E-state index < -0.39 is 18.8 Å². The van der Waals surface area contributed by atoms with Gasteiger partial charge in [0.25, 0.3) is 0 Å². The van der Waals surface area contributed by atoms with Crippen LogP contribution in [0.2, 0.25) is 0 Å². The molecule has 0 saturated heterocycles. The molecule has 0 fully saturated rings. The van der Waals surface area contributed by atoms with Gasteiger partial charge in [-0.05, 0) is 12.1 Å². The van der Waals surface area contributed by atoms with Crippen LogP contribution in [0.1, 0.15) is 10.4 Å². The van der Waals surface area contributed by atoms with Crippen LogP contribution in [0.25, 0.3) is 10.9 Å². The highest BCUT2D eigenvalue weighted by molar-refractivity contribution is 6.06. The Hall–Kier alpha value is -2.38. The summed E-state index contributed by atoms with van der Waals surface area (Å²) < 4.78 is 46.2. The van der Waals surface area contributed by atoms with Crippen molar-refractivity contribution in [2.45, 2.75) is 6.18 Å². The summed E-state index contributed by atoms with van der Waals surface area (Å²) in [6.45, 7) is -1.48. The topological polar surface area (TPSA) is 71.5 Å². The number of aromatic nitrogens is 1. The first-order chi connectivity index (χ1) is 9.33. The molecule has 1 heterocycles. The average Bonchev–Trinajstić information content (AvgIpc) is 2.78. The fraction of sp³-hybridized carbons (Fsp3) is 0.250. The molecule has 0 amide bonds. The molecule has 0 aliphatic heterocycles. The number of methoxy groups -OCH3 is 1. The van der Waals surface area contributed by atoms with Gasteiger partial charge in [-0.25, -0.2) is 4.79 Å². The number of aromatic carboxylic acids is 1. The monoisotopic (exact) mass is 289 g/mol. The quantitative estimate of drug-likeness (QED) is 0.908. The summed E-state index contributed by atoms with van der Waals surface area (Å²) in [4.78, 5) is 13.8. The lowest BCUT2D eigenvalue weighted by atomic mass is 10.1. The van der Waals surface area contributed by atoms with Crippen LogP contribution in [0.4, 0.5) is 13.2 Å². The summed E-state index contributed by atoms with van der Waals surface area (Å²) in [6.07, 6.45) is -3.25. The zero-order valence-electron chi connectivity index (χ0n) is 10.2. The van der Waals surface area contributed by atoms with Gasteiger partial charge in [-0.3, -0.25) is 0 Å². The number of ether oxygens (including phenoxy) is 2. The number of H-pyrrole nitrogens is 1. The number of hydrogen-bond acceptors (Lipinski definition) is 3. The van der Waals surface area contributed by atoms with Crippen LogP contribution >= 0.6 is 0 Å². The van der Waals surface area contributed by atoms with E-state index in [0.717, 1.165) is 0 Å². The number of rotatable bonds is 4. The number of carbonyl (C=O) groups is 1. The molecule has 0 spiro atoms. The second-order valence-corrected chi connectivity index (χ2v) is 3.93. The molecule has 0 atom stereocenters. The molecule has 0 aliphatic carbocycles. The molecule has 0 saturated carbocycles. The Kier molecular flexibility index (Phi) is 3.47. The van der Waals surface area contributed by atoms with Gasteiger partial charge in [0.05, 0.1) is 23.6 Å². The van der Waals surface area contributed by atoms with Crippen LogP contribution in [0.15, 0.2) is 18.3 Å². The highest BCUT2D eigenvalue weighted by Gasteiger charge is 2.29. The molecule has 0 aliphatic rings. The number of carboxylic acid groups (broad SMARTS) is 1. The smallest absolute Gasteiger partial charge is 0.422 e. The third-order valence-corrected chi connectivity index (χ3v) is 2.59. The molecule has 2 aromatic rings. The van der Waals surface area contributed by atoms with Crippen LogP contribution < -0.4 is 9.47 Å². The van der Waals surface area contributed by atoms with E-state index in [1.165, 1.54) is 25.4 Å². The van der Waals surface area contributed by atoms with Gasteiger partial charge in [0, 0.05) is 6.20 Å². The predicted molar refractivity (Wildman–Crippen MR) is 63.4 cm³/mol. The van der Waals surface area contributed by atoms with Crippen molar-refractivity contribution >= 4 is 16.9 Å². The molecule has 8 heteroatoms. The zero-order chi connectivity index (χ0) is 14.9. The second-order valence-electron chi connectivity index (χ2n) is 3.93. The van der Waals surface area contributed by atoms with Gasteiger partial charge >= 0.3 is 12.1 Å². The van der Waals surface area contributed by atoms with Crippen molar-refractivity contribution < 1.29 is 32.5 Å². The van der Waals surface area contributed by atoms with E-state index in [0.29, 0.717) is 5.52 Å². The fourth-order valence-electron chi connectivity index (χ4n) is 1.82. The number of benzene rings is 1. The van der Waals surface area contributed by atoms with Crippen LogP contribution in [-0.4, -0.2) is 36.0 Å². The Morgan fingerprint density at radius 1 is 1.40 bits per heavy atom. The highest BCUT2D eigenvalue weighted by atomic mass is 19.4. The Morgan fingerprint density at radius 3 is 2.65 bits per heavy atom. The van der Waals surface area contributed by atoms with Crippen molar-refractivity contribution in [1.29, 1.82) is 0 Å². The predicted octanol–water partition coefficient (Wildman–Crippen LogP) is 2.82. The highest BCUT2D eigenvalue weighted by Crippen LogP contribution is 2.38. The molecule has 1 aromatic heterocycles. The van der Waals surface area contributed by atoms with Gasteiger partial charge < -0.3 is 19.6 Å². The molecule has 20 heavy (non-hydrogen) atoms. The normalized spacial score (nSPS) is 11.6. The Bertz CT molecular complexity index is 648. The maximum Gasteiger partial charge on any atom is 0.422 e. The zero-order valence-corrected chi connectivity index (χ0v) is 10.2. The minimum atomic E-state index is -4.49. The van der Waals surface area contributed by atoms with Gasteiger partial charge in [0.1, 0.15) is 0 Å². The van der Waals surface area contributed by atoms with Crippen LogP contribution in [-0.2, 0) is 0 Å². The number of aromatic amines is 1. The van der Waals surface area contributed by atoms with E-state index in [2.05, 4.69) is 9.72 Å². The first kappa shape index (κ1) is 14.0. The largest absolute Gasteiger partial charge is 0.492 e. The molecular weight excluding hydrogens is 279 g/mol. The number of hydrogen-bond donors (Lipinski definition) is 2. The first-order valence-electron chi connectivity index (χ1n) is 5.44. The van der Waals surface area contributed by atoms with Crippen molar-refractivity contribution in [1.82, 2.24) is 4.98 Å². The maximum atomic E-state index is 12.2. The molecule has 0 bridgehead atoms. The fourth-order valence-corrected chi connectivity index (χ4v) is 1.82. The Labute approximate surface area is 110 Å². The number of fused-ring (bicyclic) bond motifs is 1. The minimum absolute atomic E-state index is 0.0506. The molecule has 108 valence electrons. The molecule has 0 radical (unpaired) electrons. The SMILES string of the molecule is COc1c(OCC(F)(F)F)ccc2[nH]cc(C(=O)O)c12. The lowest BCUT2D eigenvalue weighted by Gasteiger charge is -2.13. The van der Waals surface area contributed by atoms with E-state index >= 15 is 0 Å². The summed E-state index contributed by atoms with van der Waals surface area (Å²) in [7, 11) is 1.23. The first-order valence-corrected chi connectivity index (χ1v) is 5.44.